The topological polar surface area (TPSA) is 57.2 Å². The average Bonchev–Trinajstić information content (AvgIpc) is 2.56. The lowest BCUT2D eigenvalue weighted by molar-refractivity contribution is -0.00563. The Kier molecular flexibility index (Phi) is 12.9. The maximum absolute atomic E-state index is 8.50. The van der Waals surface area contributed by atoms with Gasteiger partial charge in [-0.1, -0.05) is 30.3 Å². The summed E-state index contributed by atoms with van der Waals surface area (Å²) in [6, 6.07) is 10.4. The van der Waals surface area contributed by atoms with E-state index in [0.29, 0.717) is 46.2 Å². The number of aryl methyl sites for hydroxylation is 1. The quantitative estimate of drug-likeness (QED) is 0.499. The van der Waals surface area contributed by atoms with Gasteiger partial charge in [-0.05, 0) is 18.4 Å². The molecule has 0 amide bonds. The fraction of sp³-hybridized carbons (Fsp3) is 0.647. The molecule has 0 aliphatic rings. The van der Waals surface area contributed by atoms with Gasteiger partial charge in [0, 0.05) is 6.61 Å². The van der Waals surface area contributed by atoms with E-state index in [9.17, 15) is 0 Å². The number of rotatable bonds is 15. The lowest BCUT2D eigenvalue weighted by Crippen LogP contribution is -2.12. The van der Waals surface area contributed by atoms with E-state index < -0.39 is 0 Å². The van der Waals surface area contributed by atoms with Crippen LogP contribution in [0.25, 0.3) is 0 Å². The first-order valence-corrected chi connectivity index (χ1v) is 7.89. The third-order valence-corrected chi connectivity index (χ3v) is 2.95. The molecule has 0 aliphatic heterocycles. The summed E-state index contributed by atoms with van der Waals surface area (Å²) >= 11 is 0. The smallest absolute Gasteiger partial charge is 0.0701 e. The van der Waals surface area contributed by atoms with Crippen LogP contribution in [0.1, 0.15) is 12.0 Å². The second-order valence-electron chi connectivity index (χ2n) is 4.76. The molecule has 0 fully saturated rings. The van der Waals surface area contributed by atoms with Crippen LogP contribution in [-0.4, -0.2) is 64.6 Å². The van der Waals surface area contributed by atoms with E-state index in [4.69, 9.17) is 24.1 Å². The van der Waals surface area contributed by atoms with Gasteiger partial charge in [0.1, 0.15) is 0 Å². The van der Waals surface area contributed by atoms with Crippen LogP contribution in [0.15, 0.2) is 30.3 Å². The van der Waals surface area contributed by atoms with E-state index in [-0.39, 0.29) is 6.61 Å². The van der Waals surface area contributed by atoms with E-state index in [0.717, 1.165) is 19.4 Å². The molecule has 1 rings (SSSR count). The van der Waals surface area contributed by atoms with Crippen LogP contribution in [0.2, 0.25) is 0 Å². The molecule has 0 aromatic heterocycles. The third kappa shape index (κ3) is 11.7. The number of ether oxygens (including phenoxy) is 4. The minimum absolute atomic E-state index is 0.0501. The summed E-state index contributed by atoms with van der Waals surface area (Å²) in [5.74, 6) is 0. The number of aliphatic hydroxyl groups is 1. The predicted molar refractivity (Wildman–Crippen MR) is 85.1 cm³/mol. The highest BCUT2D eigenvalue weighted by molar-refractivity contribution is 5.14. The Bertz CT molecular complexity index is 331. The van der Waals surface area contributed by atoms with Crippen molar-refractivity contribution in [2.75, 3.05) is 59.5 Å². The lowest BCUT2D eigenvalue weighted by Gasteiger charge is -2.07. The average molecular weight is 312 g/mol. The molecule has 126 valence electrons. The van der Waals surface area contributed by atoms with Crippen molar-refractivity contribution in [3.63, 3.8) is 0 Å². The minimum atomic E-state index is 0.0501. The van der Waals surface area contributed by atoms with Crippen molar-refractivity contribution in [1.82, 2.24) is 0 Å². The van der Waals surface area contributed by atoms with Gasteiger partial charge in [-0.15, -0.1) is 0 Å². The van der Waals surface area contributed by atoms with Crippen molar-refractivity contribution < 1.29 is 24.1 Å². The summed E-state index contributed by atoms with van der Waals surface area (Å²) in [6.07, 6.45) is 2.08. The fourth-order valence-corrected chi connectivity index (χ4v) is 1.85. The molecule has 0 radical (unpaired) electrons. The van der Waals surface area contributed by atoms with Crippen LogP contribution in [-0.2, 0) is 25.4 Å². The molecule has 0 heterocycles. The number of hydrogen-bond acceptors (Lipinski definition) is 5. The third-order valence-electron chi connectivity index (χ3n) is 2.95. The maximum Gasteiger partial charge on any atom is 0.0701 e. The lowest BCUT2D eigenvalue weighted by atomic mass is 10.1. The number of aliphatic hydroxyl groups excluding tert-OH is 1. The van der Waals surface area contributed by atoms with Crippen molar-refractivity contribution in [3.05, 3.63) is 35.9 Å². The maximum atomic E-state index is 8.50. The molecule has 0 saturated heterocycles. The standard InChI is InChI=1S/C17H28O5/c18-8-10-20-12-14-22-16-15-21-13-11-19-9-4-7-17-5-2-1-3-6-17/h1-3,5-6,18H,4,7-16H2. The molecule has 0 aliphatic carbocycles. The first kappa shape index (κ1) is 19.1. The van der Waals surface area contributed by atoms with Gasteiger partial charge in [0.2, 0.25) is 0 Å². The molecule has 22 heavy (non-hydrogen) atoms. The zero-order valence-electron chi connectivity index (χ0n) is 13.2. The van der Waals surface area contributed by atoms with Crippen LogP contribution in [0.5, 0.6) is 0 Å². The monoisotopic (exact) mass is 312 g/mol. The molecule has 1 aromatic carbocycles. The molecule has 5 nitrogen and oxygen atoms in total. The van der Waals surface area contributed by atoms with Crippen LogP contribution >= 0.6 is 0 Å². The Morgan fingerprint density at radius 1 is 0.636 bits per heavy atom. The summed E-state index contributed by atoms with van der Waals surface area (Å²) in [5.41, 5.74) is 1.35. The van der Waals surface area contributed by atoms with Gasteiger partial charge in [-0.2, -0.15) is 0 Å². The Morgan fingerprint density at radius 3 is 1.68 bits per heavy atom. The zero-order chi connectivity index (χ0) is 15.7. The van der Waals surface area contributed by atoms with E-state index in [1.165, 1.54) is 5.56 Å². The van der Waals surface area contributed by atoms with Crippen molar-refractivity contribution in [3.8, 4) is 0 Å². The van der Waals surface area contributed by atoms with Crippen molar-refractivity contribution in [1.29, 1.82) is 0 Å². The molecule has 0 saturated carbocycles. The summed E-state index contributed by atoms with van der Waals surface area (Å²) in [4.78, 5) is 0. The summed E-state index contributed by atoms with van der Waals surface area (Å²) in [6.45, 7) is 4.53. The Labute approximate surface area is 133 Å². The van der Waals surface area contributed by atoms with Gasteiger partial charge in [0.15, 0.2) is 0 Å². The van der Waals surface area contributed by atoms with E-state index in [1.54, 1.807) is 0 Å². The largest absolute Gasteiger partial charge is 0.394 e. The molecular formula is C17H28O5. The van der Waals surface area contributed by atoms with Crippen molar-refractivity contribution in [2.45, 2.75) is 12.8 Å². The molecule has 0 spiro atoms. The highest BCUT2D eigenvalue weighted by Crippen LogP contribution is 2.02. The second-order valence-corrected chi connectivity index (χ2v) is 4.76. The Balaban J connectivity index is 1.73. The highest BCUT2D eigenvalue weighted by atomic mass is 16.6. The first-order chi connectivity index (χ1) is 10.9. The SMILES string of the molecule is OCCOCCOCCOCCOCCCc1ccccc1. The van der Waals surface area contributed by atoms with Gasteiger partial charge in [-0.25, -0.2) is 0 Å². The minimum Gasteiger partial charge on any atom is -0.394 e. The summed E-state index contributed by atoms with van der Waals surface area (Å²) in [5, 5.41) is 8.50. The second kappa shape index (κ2) is 14.9. The molecule has 1 N–H and O–H groups in total. The normalized spacial score (nSPS) is 11.0. The van der Waals surface area contributed by atoms with Gasteiger partial charge >= 0.3 is 0 Å². The number of hydrogen-bond donors (Lipinski definition) is 1. The van der Waals surface area contributed by atoms with E-state index >= 15 is 0 Å². The number of benzene rings is 1. The Hall–Kier alpha value is -0.980. The molecule has 5 heteroatoms. The van der Waals surface area contributed by atoms with E-state index in [1.807, 2.05) is 6.07 Å². The van der Waals surface area contributed by atoms with Gasteiger partial charge in [0.25, 0.3) is 0 Å². The molecule has 0 unspecified atom stereocenters. The van der Waals surface area contributed by atoms with Crippen LogP contribution in [0, 0.1) is 0 Å². The van der Waals surface area contributed by atoms with Gasteiger partial charge in [-0.3, -0.25) is 0 Å². The molecule has 1 aromatic rings. The zero-order valence-corrected chi connectivity index (χ0v) is 13.2. The van der Waals surface area contributed by atoms with Crippen LogP contribution in [0.3, 0.4) is 0 Å². The highest BCUT2D eigenvalue weighted by Gasteiger charge is 1.94. The molecule has 0 atom stereocenters. The summed E-state index contributed by atoms with van der Waals surface area (Å²) < 4.78 is 21.3. The van der Waals surface area contributed by atoms with Crippen molar-refractivity contribution in [2.24, 2.45) is 0 Å². The Morgan fingerprint density at radius 2 is 1.14 bits per heavy atom. The first-order valence-electron chi connectivity index (χ1n) is 7.89. The van der Waals surface area contributed by atoms with Gasteiger partial charge in [0.05, 0.1) is 52.9 Å². The molecule has 0 bridgehead atoms. The predicted octanol–water partition coefficient (Wildman–Crippen LogP) is 1.68. The van der Waals surface area contributed by atoms with Crippen LogP contribution in [0.4, 0.5) is 0 Å². The molecular weight excluding hydrogens is 284 g/mol. The summed E-state index contributed by atoms with van der Waals surface area (Å²) in [7, 11) is 0. The fourth-order valence-electron chi connectivity index (χ4n) is 1.85. The van der Waals surface area contributed by atoms with Crippen molar-refractivity contribution >= 4 is 0 Å². The van der Waals surface area contributed by atoms with E-state index in [2.05, 4.69) is 24.3 Å². The van der Waals surface area contributed by atoms with Crippen LogP contribution < -0.4 is 0 Å². The van der Waals surface area contributed by atoms with Gasteiger partial charge < -0.3 is 24.1 Å².